The van der Waals surface area contributed by atoms with Crippen LogP contribution in [0.1, 0.15) is 23.4 Å². The summed E-state index contributed by atoms with van der Waals surface area (Å²) >= 11 is 1.73. The molecule has 2 N–H and O–H groups in total. The van der Waals surface area contributed by atoms with Crippen LogP contribution in [0.2, 0.25) is 0 Å². The van der Waals surface area contributed by atoms with Gasteiger partial charge in [0.2, 0.25) is 0 Å². The molecule has 0 aliphatic carbocycles. The van der Waals surface area contributed by atoms with Crippen LogP contribution in [-0.4, -0.2) is 56.8 Å². The molecule has 0 saturated carbocycles. The average Bonchev–Trinajstić information content (AvgIpc) is 3.25. The highest BCUT2D eigenvalue weighted by Crippen LogP contribution is 2.26. The molecule has 3 rings (SSSR count). The lowest BCUT2D eigenvalue weighted by Crippen LogP contribution is -2.42. The van der Waals surface area contributed by atoms with Gasteiger partial charge in [-0.05, 0) is 36.9 Å². The molecular formula is C21H29F2IN4OS. The average molecular weight is 550 g/mol. The highest BCUT2D eigenvalue weighted by atomic mass is 127. The fraction of sp³-hybridized carbons (Fsp3) is 0.476. The number of rotatable bonds is 8. The van der Waals surface area contributed by atoms with Crippen LogP contribution in [0.15, 0.2) is 40.7 Å². The Kier molecular flexibility index (Phi) is 11.0. The Morgan fingerprint density at radius 1 is 1.17 bits per heavy atom. The predicted molar refractivity (Wildman–Crippen MR) is 129 cm³/mol. The molecule has 0 amide bonds. The predicted octanol–water partition coefficient (Wildman–Crippen LogP) is 3.82. The van der Waals surface area contributed by atoms with Crippen molar-refractivity contribution in [3.63, 3.8) is 0 Å². The molecule has 166 valence electrons. The summed E-state index contributed by atoms with van der Waals surface area (Å²) in [6.07, 6.45) is 0.251. The number of thiophene rings is 1. The maximum Gasteiger partial charge on any atom is 0.191 e. The lowest BCUT2D eigenvalue weighted by Gasteiger charge is -2.33. The second-order valence-electron chi connectivity index (χ2n) is 6.78. The van der Waals surface area contributed by atoms with Gasteiger partial charge in [-0.25, -0.2) is 8.78 Å². The number of hydrogen-bond acceptors (Lipinski definition) is 4. The number of guanidine groups is 1. The van der Waals surface area contributed by atoms with Gasteiger partial charge in [0.25, 0.3) is 0 Å². The van der Waals surface area contributed by atoms with Crippen molar-refractivity contribution >= 4 is 41.3 Å². The second-order valence-corrected chi connectivity index (χ2v) is 7.76. The van der Waals surface area contributed by atoms with Crippen molar-refractivity contribution in [3.05, 3.63) is 57.8 Å². The standard InChI is InChI=1S/C21H28F2N4OS.HI/c1-2-24-21(25-9-8-16-17(22)5-3-6-18(16)23)26-15-19(20-7-4-14-29-20)27-10-12-28-13-11-27;/h3-7,14,19H,2,8-13,15H2,1H3,(H2,24,25,26);1H. The van der Waals surface area contributed by atoms with Crippen LogP contribution in [-0.2, 0) is 11.2 Å². The van der Waals surface area contributed by atoms with Crippen molar-refractivity contribution in [3.8, 4) is 0 Å². The molecule has 5 nitrogen and oxygen atoms in total. The molecule has 1 aliphatic rings. The fourth-order valence-electron chi connectivity index (χ4n) is 3.35. The van der Waals surface area contributed by atoms with E-state index in [4.69, 9.17) is 9.73 Å². The van der Waals surface area contributed by atoms with E-state index in [0.717, 1.165) is 26.3 Å². The molecule has 0 bridgehead atoms. The Labute approximate surface area is 197 Å². The number of ether oxygens (including phenoxy) is 1. The first-order valence-electron chi connectivity index (χ1n) is 9.99. The smallest absolute Gasteiger partial charge is 0.191 e. The zero-order chi connectivity index (χ0) is 20.5. The van der Waals surface area contributed by atoms with Crippen LogP contribution >= 0.6 is 35.3 Å². The minimum atomic E-state index is -0.515. The molecule has 30 heavy (non-hydrogen) atoms. The van der Waals surface area contributed by atoms with Crippen molar-refractivity contribution in [2.45, 2.75) is 19.4 Å². The highest BCUT2D eigenvalue weighted by molar-refractivity contribution is 14.0. The summed E-state index contributed by atoms with van der Waals surface area (Å²) in [6.45, 7) is 6.93. The fourth-order valence-corrected chi connectivity index (χ4v) is 4.20. The molecular weight excluding hydrogens is 521 g/mol. The molecule has 9 heteroatoms. The Morgan fingerprint density at radius 2 is 1.90 bits per heavy atom. The van der Waals surface area contributed by atoms with Crippen LogP contribution in [0, 0.1) is 11.6 Å². The largest absolute Gasteiger partial charge is 0.379 e. The van der Waals surface area contributed by atoms with Gasteiger partial charge in [-0.15, -0.1) is 35.3 Å². The van der Waals surface area contributed by atoms with E-state index in [1.807, 2.05) is 6.92 Å². The van der Waals surface area contributed by atoms with Gasteiger partial charge in [-0.1, -0.05) is 12.1 Å². The van der Waals surface area contributed by atoms with Crippen molar-refractivity contribution in [2.75, 3.05) is 45.9 Å². The molecule has 1 fully saturated rings. The summed E-state index contributed by atoms with van der Waals surface area (Å²) in [7, 11) is 0. The normalized spacial score (nSPS) is 16.0. The molecule has 1 aromatic carbocycles. The second kappa shape index (κ2) is 13.2. The van der Waals surface area contributed by atoms with Crippen molar-refractivity contribution < 1.29 is 13.5 Å². The van der Waals surface area contributed by atoms with E-state index in [1.54, 1.807) is 11.3 Å². The van der Waals surface area contributed by atoms with Crippen LogP contribution in [0.4, 0.5) is 8.78 Å². The first-order valence-corrected chi connectivity index (χ1v) is 10.9. The van der Waals surface area contributed by atoms with Gasteiger partial charge >= 0.3 is 0 Å². The zero-order valence-electron chi connectivity index (χ0n) is 17.1. The van der Waals surface area contributed by atoms with Crippen molar-refractivity contribution in [2.24, 2.45) is 4.99 Å². The van der Waals surface area contributed by atoms with E-state index < -0.39 is 11.6 Å². The molecule has 1 atom stereocenters. The SMILES string of the molecule is CCNC(=NCC(c1cccs1)N1CCOCC1)NCCc1c(F)cccc1F.I. The summed E-state index contributed by atoms with van der Waals surface area (Å²) in [5.41, 5.74) is 0.0978. The van der Waals surface area contributed by atoms with Gasteiger partial charge in [0.1, 0.15) is 11.6 Å². The quantitative estimate of drug-likeness (QED) is 0.298. The third-order valence-corrected chi connectivity index (χ3v) is 5.83. The topological polar surface area (TPSA) is 48.9 Å². The van der Waals surface area contributed by atoms with E-state index >= 15 is 0 Å². The minimum Gasteiger partial charge on any atom is -0.379 e. The van der Waals surface area contributed by atoms with Gasteiger partial charge in [-0.3, -0.25) is 9.89 Å². The van der Waals surface area contributed by atoms with Gasteiger partial charge in [-0.2, -0.15) is 0 Å². The van der Waals surface area contributed by atoms with Crippen LogP contribution in [0.25, 0.3) is 0 Å². The monoisotopic (exact) mass is 550 g/mol. The number of halogens is 3. The van der Waals surface area contributed by atoms with Gasteiger partial charge in [0.15, 0.2) is 5.96 Å². The first-order chi connectivity index (χ1) is 14.2. The van der Waals surface area contributed by atoms with E-state index in [-0.39, 0.29) is 42.0 Å². The Bertz CT molecular complexity index is 765. The van der Waals surface area contributed by atoms with Gasteiger partial charge < -0.3 is 15.4 Å². The van der Waals surface area contributed by atoms with Crippen LogP contribution in [0.5, 0.6) is 0 Å². The molecule has 0 spiro atoms. The summed E-state index contributed by atoms with van der Waals surface area (Å²) < 4.78 is 33.1. The molecule has 2 heterocycles. The van der Waals surface area contributed by atoms with Gasteiger partial charge in [0, 0.05) is 36.6 Å². The number of nitrogens with zero attached hydrogens (tertiary/aromatic N) is 2. The summed E-state index contributed by atoms with van der Waals surface area (Å²) in [4.78, 5) is 8.43. The van der Waals surface area contributed by atoms with Crippen molar-refractivity contribution in [1.29, 1.82) is 0 Å². The van der Waals surface area contributed by atoms with Crippen molar-refractivity contribution in [1.82, 2.24) is 15.5 Å². The Morgan fingerprint density at radius 3 is 2.53 bits per heavy atom. The summed E-state index contributed by atoms with van der Waals surface area (Å²) in [5.74, 6) is -0.378. The lowest BCUT2D eigenvalue weighted by atomic mass is 10.1. The van der Waals surface area contributed by atoms with Crippen LogP contribution in [0.3, 0.4) is 0 Å². The first kappa shape index (κ1) is 25.0. The maximum absolute atomic E-state index is 13.8. The van der Waals surface area contributed by atoms with Crippen LogP contribution < -0.4 is 10.6 Å². The zero-order valence-corrected chi connectivity index (χ0v) is 20.2. The van der Waals surface area contributed by atoms with E-state index in [9.17, 15) is 8.78 Å². The number of morpholine rings is 1. The number of benzene rings is 1. The van der Waals surface area contributed by atoms with E-state index in [0.29, 0.717) is 25.6 Å². The molecule has 1 aliphatic heterocycles. The lowest BCUT2D eigenvalue weighted by molar-refractivity contribution is 0.0186. The highest BCUT2D eigenvalue weighted by Gasteiger charge is 2.23. The van der Waals surface area contributed by atoms with E-state index in [1.165, 1.54) is 23.1 Å². The molecule has 0 radical (unpaired) electrons. The van der Waals surface area contributed by atoms with E-state index in [2.05, 4.69) is 33.0 Å². The molecule has 1 aromatic heterocycles. The number of nitrogens with one attached hydrogen (secondary N) is 2. The Hall–Kier alpha value is -1.30. The molecule has 1 unspecified atom stereocenters. The maximum atomic E-state index is 13.8. The number of aliphatic imine (C=N–C) groups is 1. The Balaban J connectivity index is 0.00000320. The summed E-state index contributed by atoms with van der Waals surface area (Å²) in [6, 6.07) is 8.34. The third-order valence-electron chi connectivity index (χ3n) is 4.85. The molecule has 2 aromatic rings. The summed E-state index contributed by atoms with van der Waals surface area (Å²) in [5, 5.41) is 8.49. The third kappa shape index (κ3) is 7.14. The van der Waals surface area contributed by atoms with Gasteiger partial charge in [0.05, 0.1) is 25.8 Å². The minimum absolute atomic E-state index is 0. The number of hydrogen-bond donors (Lipinski definition) is 2. The molecule has 1 saturated heterocycles.